The van der Waals surface area contributed by atoms with Crippen molar-refractivity contribution in [3.63, 3.8) is 0 Å². The van der Waals surface area contributed by atoms with Gasteiger partial charge in [0, 0.05) is 25.0 Å². The molecule has 3 aliphatic heterocycles. The van der Waals surface area contributed by atoms with Gasteiger partial charge in [-0.05, 0) is 68.0 Å². The normalized spacial score (nSPS) is 24.0. The Balaban J connectivity index is 1.10. The fourth-order valence-electron chi connectivity index (χ4n) is 5.48. The minimum atomic E-state index is 0.0700. The molecule has 0 aliphatic carbocycles. The van der Waals surface area contributed by atoms with Gasteiger partial charge in [0.05, 0.1) is 6.20 Å². The SMILES string of the molecule is O=C(c1cnc(Oc2ccc3c(c2)CC[C@@H](c2ccccc2)O3)s1)N1CCC2(CCCNC2)C1. The second kappa shape index (κ2) is 9.04. The molecule has 1 spiro atoms. The van der Waals surface area contributed by atoms with E-state index in [1.54, 1.807) is 6.20 Å². The van der Waals surface area contributed by atoms with Crippen molar-refractivity contribution in [2.24, 2.45) is 5.41 Å². The van der Waals surface area contributed by atoms with Crippen LogP contribution in [0.4, 0.5) is 0 Å². The van der Waals surface area contributed by atoms with E-state index in [2.05, 4.69) is 22.4 Å². The minimum Gasteiger partial charge on any atom is -0.485 e. The predicted molar refractivity (Wildman–Crippen MR) is 132 cm³/mol. The Bertz CT molecular complexity index is 1170. The molecule has 0 radical (unpaired) electrons. The van der Waals surface area contributed by atoms with E-state index in [4.69, 9.17) is 9.47 Å². The van der Waals surface area contributed by atoms with Crippen molar-refractivity contribution in [3.05, 3.63) is 70.7 Å². The molecular weight excluding hydrogens is 446 g/mol. The quantitative estimate of drug-likeness (QED) is 0.561. The highest BCUT2D eigenvalue weighted by molar-refractivity contribution is 7.15. The monoisotopic (exact) mass is 475 g/mol. The third kappa shape index (κ3) is 4.30. The standard InChI is InChI=1S/C27H29N3O3S/c31-25(30-14-12-27(18-30)11-4-13-28-17-27)24-16-29-26(34-24)32-21-8-10-23-20(15-21)7-9-22(33-23)19-5-2-1-3-6-19/h1-3,5-6,8,10,15-16,22,28H,4,7,9,11-14,17-18H2/t22-,27?/m0/s1. The highest BCUT2D eigenvalue weighted by atomic mass is 32.1. The molecule has 2 saturated heterocycles. The number of likely N-dealkylation sites (tertiary alicyclic amines) is 1. The number of hydrogen-bond acceptors (Lipinski definition) is 6. The van der Waals surface area contributed by atoms with E-state index in [1.807, 2.05) is 41.3 Å². The van der Waals surface area contributed by atoms with Crippen LogP contribution in [0.25, 0.3) is 0 Å². The van der Waals surface area contributed by atoms with Gasteiger partial charge in [0.2, 0.25) is 0 Å². The van der Waals surface area contributed by atoms with Gasteiger partial charge in [0.1, 0.15) is 22.5 Å². The molecule has 6 nitrogen and oxygen atoms in total. The van der Waals surface area contributed by atoms with Crippen LogP contribution in [0.15, 0.2) is 54.7 Å². The molecule has 3 aliphatic rings. The number of aromatic nitrogens is 1. The summed E-state index contributed by atoms with van der Waals surface area (Å²) in [6.07, 6.45) is 7.08. The average molecular weight is 476 g/mol. The summed E-state index contributed by atoms with van der Waals surface area (Å²) < 4.78 is 12.3. The summed E-state index contributed by atoms with van der Waals surface area (Å²) in [7, 11) is 0. The number of hydrogen-bond donors (Lipinski definition) is 1. The Labute approximate surface area is 203 Å². The van der Waals surface area contributed by atoms with E-state index in [0.717, 1.165) is 62.5 Å². The molecule has 3 aromatic rings. The molecule has 0 saturated carbocycles. The Hall–Kier alpha value is -2.90. The van der Waals surface area contributed by atoms with Crippen molar-refractivity contribution in [2.75, 3.05) is 26.2 Å². The molecule has 2 fully saturated rings. The predicted octanol–water partition coefficient (Wildman–Crippen LogP) is 5.22. The van der Waals surface area contributed by atoms with Crippen LogP contribution < -0.4 is 14.8 Å². The Morgan fingerprint density at radius 3 is 2.97 bits per heavy atom. The molecule has 1 unspecified atom stereocenters. The number of piperidine rings is 1. The zero-order valence-corrected chi connectivity index (χ0v) is 20.0. The average Bonchev–Trinajstić information content (AvgIpc) is 3.52. The van der Waals surface area contributed by atoms with Crippen molar-refractivity contribution in [1.29, 1.82) is 0 Å². The zero-order valence-electron chi connectivity index (χ0n) is 19.2. The molecule has 34 heavy (non-hydrogen) atoms. The van der Waals surface area contributed by atoms with Gasteiger partial charge in [-0.15, -0.1) is 0 Å². The lowest BCUT2D eigenvalue weighted by atomic mass is 9.80. The number of fused-ring (bicyclic) bond motifs is 1. The van der Waals surface area contributed by atoms with Crippen LogP contribution in [-0.4, -0.2) is 42.0 Å². The summed E-state index contributed by atoms with van der Waals surface area (Å²) in [5.74, 6) is 1.70. The molecule has 0 bridgehead atoms. The minimum absolute atomic E-state index is 0.0700. The van der Waals surface area contributed by atoms with E-state index >= 15 is 0 Å². The van der Waals surface area contributed by atoms with Crippen LogP contribution in [0.2, 0.25) is 0 Å². The maximum atomic E-state index is 13.1. The Morgan fingerprint density at radius 1 is 1.21 bits per heavy atom. The number of carbonyl (C=O) groups excluding carboxylic acids is 1. The molecule has 176 valence electrons. The van der Waals surface area contributed by atoms with Crippen molar-refractivity contribution in [1.82, 2.24) is 15.2 Å². The smallest absolute Gasteiger partial charge is 0.279 e. The molecule has 4 heterocycles. The Kier molecular flexibility index (Phi) is 5.75. The first kappa shape index (κ1) is 21.6. The molecule has 7 heteroatoms. The molecule has 1 aromatic heterocycles. The second-order valence-electron chi connectivity index (χ2n) is 9.67. The number of benzene rings is 2. The fraction of sp³-hybridized carbons (Fsp3) is 0.407. The highest BCUT2D eigenvalue weighted by Gasteiger charge is 2.41. The number of nitrogens with one attached hydrogen (secondary N) is 1. The topological polar surface area (TPSA) is 63.7 Å². The van der Waals surface area contributed by atoms with Gasteiger partial charge in [-0.2, -0.15) is 0 Å². The van der Waals surface area contributed by atoms with Crippen molar-refractivity contribution < 1.29 is 14.3 Å². The van der Waals surface area contributed by atoms with Gasteiger partial charge in [-0.1, -0.05) is 41.7 Å². The van der Waals surface area contributed by atoms with Crippen molar-refractivity contribution >= 4 is 17.2 Å². The number of carbonyl (C=O) groups is 1. The third-order valence-electron chi connectivity index (χ3n) is 7.34. The van der Waals surface area contributed by atoms with Crippen molar-refractivity contribution in [2.45, 2.75) is 38.2 Å². The first-order valence-electron chi connectivity index (χ1n) is 12.2. The van der Waals surface area contributed by atoms with Crippen LogP contribution in [0.3, 0.4) is 0 Å². The molecule has 2 aromatic carbocycles. The van der Waals surface area contributed by atoms with Crippen molar-refractivity contribution in [3.8, 4) is 16.7 Å². The zero-order chi connectivity index (χ0) is 23.0. The lowest BCUT2D eigenvalue weighted by Gasteiger charge is -2.33. The van der Waals surface area contributed by atoms with Gasteiger partial charge in [0.15, 0.2) is 0 Å². The largest absolute Gasteiger partial charge is 0.485 e. The second-order valence-corrected chi connectivity index (χ2v) is 10.7. The van der Waals surface area contributed by atoms with Gasteiger partial charge < -0.3 is 19.7 Å². The highest BCUT2D eigenvalue weighted by Crippen LogP contribution is 2.39. The summed E-state index contributed by atoms with van der Waals surface area (Å²) in [4.78, 5) is 20.1. The van der Waals surface area contributed by atoms with Crippen LogP contribution in [0, 0.1) is 5.41 Å². The Morgan fingerprint density at radius 2 is 2.12 bits per heavy atom. The molecule has 6 rings (SSSR count). The van der Waals surface area contributed by atoms with Gasteiger partial charge in [0.25, 0.3) is 11.1 Å². The summed E-state index contributed by atoms with van der Waals surface area (Å²) >= 11 is 1.32. The van der Waals surface area contributed by atoms with Crippen LogP contribution in [-0.2, 0) is 6.42 Å². The first-order valence-corrected chi connectivity index (χ1v) is 13.0. The number of amides is 1. The van der Waals surface area contributed by atoms with Crippen LogP contribution >= 0.6 is 11.3 Å². The van der Waals surface area contributed by atoms with E-state index < -0.39 is 0 Å². The maximum absolute atomic E-state index is 13.1. The van der Waals surface area contributed by atoms with E-state index in [-0.39, 0.29) is 17.4 Å². The molecule has 1 N–H and O–H groups in total. The summed E-state index contributed by atoms with van der Waals surface area (Å²) in [5.41, 5.74) is 2.60. The van der Waals surface area contributed by atoms with Crippen LogP contribution in [0.1, 0.15) is 52.6 Å². The van der Waals surface area contributed by atoms with E-state index in [9.17, 15) is 4.79 Å². The maximum Gasteiger partial charge on any atom is 0.279 e. The molecule has 2 atom stereocenters. The number of ether oxygens (including phenoxy) is 2. The number of rotatable bonds is 4. The summed E-state index contributed by atoms with van der Waals surface area (Å²) in [5, 5.41) is 4.00. The number of thiazole rings is 1. The lowest BCUT2D eigenvalue weighted by molar-refractivity contribution is 0.0768. The van der Waals surface area contributed by atoms with E-state index in [0.29, 0.717) is 10.1 Å². The van der Waals surface area contributed by atoms with Gasteiger partial charge in [-0.3, -0.25) is 4.79 Å². The third-order valence-corrected chi connectivity index (χ3v) is 8.20. The molecule has 1 amide bonds. The summed E-state index contributed by atoms with van der Waals surface area (Å²) in [6.45, 7) is 3.76. The number of nitrogens with zero attached hydrogens (tertiary/aromatic N) is 2. The summed E-state index contributed by atoms with van der Waals surface area (Å²) in [6, 6.07) is 16.3. The first-order chi connectivity index (χ1) is 16.7. The van der Waals surface area contributed by atoms with Crippen LogP contribution in [0.5, 0.6) is 16.7 Å². The molecular formula is C27H29N3O3S. The lowest BCUT2D eigenvalue weighted by Crippen LogP contribution is -2.42. The van der Waals surface area contributed by atoms with E-state index in [1.165, 1.54) is 29.7 Å². The fourth-order valence-corrected chi connectivity index (χ4v) is 6.23. The van der Waals surface area contributed by atoms with Gasteiger partial charge in [-0.25, -0.2) is 4.98 Å². The number of aryl methyl sites for hydroxylation is 1. The van der Waals surface area contributed by atoms with Gasteiger partial charge >= 0.3 is 0 Å².